The SMILES string of the molecule is CC(Oc1ccccc1C(C)C)C(=O)NCCSCc1ccccc1. The van der Waals surface area contributed by atoms with Crippen molar-refractivity contribution in [3.05, 3.63) is 65.7 Å². The molecule has 1 unspecified atom stereocenters. The van der Waals surface area contributed by atoms with E-state index >= 15 is 0 Å². The first kappa shape index (κ1) is 19.4. The lowest BCUT2D eigenvalue weighted by Gasteiger charge is -2.18. The van der Waals surface area contributed by atoms with Crippen molar-refractivity contribution in [2.75, 3.05) is 12.3 Å². The summed E-state index contributed by atoms with van der Waals surface area (Å²) in [5, 5.41) is 2.95. The Morgan fingerprint density at radius 1 is 1.04 bits per heavy atom. The number of para-hydroxylation sites is 1. The summed E-state index contributed by atoms with van der Waals surface area (Å²) >= 11 is 1.81. The van der Waals surface area contributed by atoms with Crippen molar-refractivity contribution in [2.45, 2.75) is 38.5 Å². The summed E-state index contributed by atoms with van der Waals surface area (Å²) in [7, 11) is 0. The fourth-order valence-electron chi connectivity index (χ4n) is 2.46. The number of thioether (sulfide) groups is 1. The second-order valence-corrected chi connectivity index (χ2v) is 7.39. The summed E-state index contributed by atoms with van der Waals surface area (Å²) in [5.41, 5.74) is 2.43. The number of benzene rings is 2. The third-order valence-electron chi connectivity index (χ3n) is 3.87. The van der Waals surface area contributed by atoms with Gasteiger partial charge in [0.15, 0.2) is 6.10 Å². The monoisotopic (exact) mass is 357 g/mol. The van der Waals surface area contributed by atoms with Crippen LogP contribution in [0.4, 0.5) is 0 Å². The Morgan fingerprint density at radius 2 is 1.72 bits per heavy atom. The van der Waals surface area contributed by atoms with Crippen LogP contribution in [0.15, 0.2) is 54.6 Å². The highest BCUT2D eigenvalue weighted by atomic mass is 32.2. The Morgan fingerprint density at radius 3 is 2.44 bits per heavy atom. The molecule has 2 aromatic rings. The number of carbonyl (C=O) groups is 1. The summed E-state index contributed by atoms with van der Waals surface area (Å²) in [6, 6.07) is 18.3. The van der Waals surface area contributed by atoms with E-state index in [0.717, 1.165) is 22.8 Å². The van der Waals surface area contributed by atoms with Gasteiger partial charge in [0.05, 0.1) is 0 Å². The van der Waals surface area contributed by atoms with E-state index in [4.69, 9.17) is 4.74 Å². The Kier molecular flexibility index (Phi) is 7.86. The minimum absolute atomic E-state index is 0.0705. The van der Waals surface area contributed by atoms with E-state index in [1.54, 1.807) is 6.92 Å². The van der Waals surface area contributed by atoms with Gasteiger partial charge in [-0.2, -0.15) is 11.8 Å². The van der Waals surface area contributed by atoms with Crippen molar-refractivity contribution in [3.63, 3.8) is 0 Å². The van der Waals surface area contributed by atoms with Gasteiger partial charge in [-0.1, -0.05) is 62.4 Å². The van der Waals surface area contributed by atoms with Gasteiger partial charge in [0.1, 0.15) is 5.75 Å². The molecule has 0 aromatic heterocycles. The fraction of sp³-hybridized carbons (Fsp3) is 0.381. The third kappa shape index (κ3) is 6.46. The van der Waals surface area contributed by atoms with Crippen LogP contribution in [0.5, 0.6) is 5.75 Å². The zero-order valence-electron chi connectivity index (χ0n) is 15.2. The molecule has 2 rings (SSSR count). The summed E-state index contributed by atoms with van der Waals surface area (Å²) in [6.07, 6.45) is -0.501. The summed E-state index contributed by atoms with van der Waals surface area (Å²) < 4.78 is 5.88. The highest BCUT2D eigenvalue weighted by Crippen LogP contribution is 2.26. The van der Waals surface area contributed by atoms with Crippen LogP contribution < -0.4 is 10.1 Å². The molecule has 0 aliphatic carbocycles. The second kappa shape index (κ2) is 10.1. The molecule has 0 fully saturated rings. The number of ether oxygens (including phenoxy) is 1. The Hall–Kier alpha value is -1.94. The van der Waals surface area contributed by atoms with Gasteiger partial charge in [0.2, 0.25) is 0 Å². The molecule has 0 aliphatic heterocycles. The van der Waals surface area contributed by atoms with Crippen molar-refractivity contribution in [1.29, 1.82) is 0 Å². The van der Waals surface area contributed by atoms with Crippen LogP contribution in [0.3, 0.4) is 0 Å². The minimum Gasteiger partial charge on any atom is -0.481 e. The second-order valence-electron chi connectivity index (χ2n) is 6.28. The van der Waals surface area contributed by atoms with Crippen molar-refractivity contribution in [1.82, 2.24) is 5.32 Å². The molecule has 1 N–H and O–H groups in total. The Bertz CT molecular complexity index is 658. The topological polar surface area (TPSA) is 38.3 Å². The maximum atomic E-state index is 12.2. The van der Waals surface area contributed by atoms with E-state index in [1.165, 1.54) is 5.56 Å². The summed E-state index contributed by atoms with van der Waals surface area (Å²) in [4.78, 5) is 12.2. The van der Waals surface area contributed by atoms with Crippen LogP contribution in [-0.2, 0) is 10.5 Å². The molecule has 25 heavy (non-hydrogen) atoms. The molecule has 0 radical (unpaired) electrons. The smallest absolute Gasteiger partial charge is 0.260 e. The normalized spacial score (nSPS) is 12.0. The predicted octanol–water partition coefficient (Wildman–Crippen LogP) is 4.63. The lowest BCUT2D eigenvalue weighted by Crippen LogP contribution is -2.37. The number of carbonyl (C=O) groups excluding carboxylic acids is 1. The van der Waals surface area contributed by atoms with Gasteiger partial charge in [0.25, 0.3) is 5.91 Å². The number of nitrogens with one attached hydrogen (secondary N) is 1. The van der Waals surface area contributed by atoms with E-state index in [-0.39, 0.29) is 5.91 Å². The Labute approximate surface area is 155 Å². The molecule has 0 spiro atoms. The van der Waals surface area contributed by atoms with E-state index in [9.17, 15) is 4.79 Å². The minimum atomic E-state index is -0.501. The highest BCUT2D eigenvalue weighted by Gasteiger charge is 2.16. The van der Waals surface area contributed by atoms with Gasteiger partial charge < -0.3 is 10.1 Å². The molecular weight excluding hydrogens is 330 g/mol. The molecular formula is C21H27NO2S. The molecule has 0 saturated carbocycles. The molecule has 0 bridgehead atoms. The maximum Gasteiger partial charge on any atom is 0.260 e. The maximum absolute atomic E-state index is 12.2. The lowest BCUT2D eigenvalue weighted by molar-refractivity contribution is -0.127. The van der Waals surface area contributed by atoms with Crippen LogP contribution in [0.25, 0.3) is 0 Å². The van der Waals surface area contributed by atoms with Crippen molar-refractivity contribution < 1.29 is 9.53 Å². The van der Waals surface area contributed by atoms with Crippen LogP contribution in [-0.4, -0.2) is 24.3 Å². The van der Waals surface area contributed by atoms with Crippen molar-refractivity contribution in [3.8, 4) is 5.75 Å². The van der Waals surface area contributed by atoms with E-state index in [2.05, 4.69) is 31.3 Å². The summed E-state index contributed by atoms with van der Waals surface area (Å²) in [6.45, 7) is 6.69. The van der Waals surface area contributed by atoms with Crippen LogP contribution in [0.1, 0.15) is 37.8 Å². The number of amides is 1. The van der Waals surface area contributed by atoms with Gasteiger partial charge in [-0.25, -0.2) is 0 Å². The molecule has 4 heteroatoms. The molecule has 2 aromatic carbocycles. The van der Waals surface area contributed by atoms with Gasteiger partial charge in [0, 0.05) is 18.1 Å². The molecule has 1 amide bonds. The van der Waals surface area contributed by atoms with E-state index in [1.807, 2.05) is 54.2 Å². The molecule has 1 atom stereocenters. The lowest BCUT2D eigenvalue weighted by atomic mass is 10.0. The first-order valence-corrected chi connectivity index (χ1v) is 9.88. The molecule has 3 nitrogen and oxygen atoms in total. The molecule has 134 valence electrons. The number of rotatable bonds is 9. The van der Waals surface area contributed by atoms with Crippen molar-refractivity contribution in [2.24, 2.45) is 0 Å². The van der Waals surface area contributed by atoms with Gasteiger partial charge in [-0.15, -0.1) is 0 Å². The first-order chi connectivity index (χ1) is 12.1. The standard InChI is InChI=1S/C21H27NO2S/c1-16(2)19-11-7-8-12-20(19)24-17(3)21(23)22-13-14-25-15-18-9-5-4-6-10-18/h4-12,16-17H,13-15H2,1-3H3,(H,22,23). The largest absolute Gasteiger partial charge is 0.481 e. The average molecular weight is 358 g/mol. The van der Waals surface area contributed by atoms with Crippen LogP contribution in [0, 0.1) is 0 Å². The number of hydrogen-bond acceptors (Lipinski definition) is 3. The fourth-order valence-corrected chi connectivity index (χ4v) is 3.28. The molecule has 0 aliphatic rings. The van der Waals surface area contributed by atoms with E-state index < -0.39 is 6.10 Å². The van der Waals surface area contributed by atoms with Gasteiger partial charge in [-0.05, 0) is 30.0 Å². The predicted molar refractivity (Wildman–Crippen MR) is 106 cm³/mol. The third-order valence-corrected chi connectivity index (χ3v) is 4.90. The first-order valence-electron chi connectivity index (χ1n) is 8.73. The average Bonchev–Trinajstić information content (AvgIpc) is 2.62. The van der Waals surface area contributed by atoms with Crippen LogP contribution in [0.2, 0.25) is 0 Å². The van der Waals surface area contributed by atoms with Crippen molar-refractivity contribution >= 4 is 17.7 Å². The van der Waals surface area contributed by atoms with Gasteiger partial charge in [-0.3, -0.25) is 4.79 Å². The Balaban J connectivity index is 1.72. The summed E-state index contributed by atoms with van der Waals surface area (Å²) in [5.74, 6) is 2.93. The zero-order chi connectivity index (χ0) is 18.1. The van der Waals surface area contributed by atoms with Crippen LogP contribution >= 0.6 is 11.8 Å². The zero-order valence-corrected chi connectivity index (χ0v) is 16.0. The van der Waals surface area contributed by atoms with E-state index in [0.29, 0.717) is 12.5 Å². The number of hydrogen-bond donors (Lipinski definition) is 1. The van der Waals surface area contributed by atoms with Gasteiger partial charge >= 0.3 is 0 Å². The molecule has 0 saturated heterocycles. The highest BCUT2D eigenvalue weighted by molar-refractivity contribution is 7.98. The quantitative estimate of drug-likeness (QED) is 0.665. The molecule has 0 heterocycles.